The minimum Gasteiger partial charge on any atom is -0.341 e. The monoisotopic (exact) mass is 311 g/mol. The summed E-state index contributed by atoms with van der Waals surface area (Å²) in [6, 6.07) is 8.49. The van der Waals surface area contributed by atoms with Crippen molar-refractivity contribution in [1.82, 2.24) is 9.62 Å². The van der Waals surface area contributed by atoms with Crippen LogP contribution in [0.3, 0.4) is 0 Å². The lowest BCUT2D eigenvalue weighted by molar-refractivity contribution is -0.133. The molecule has 0 bridgehead atoms. The lowest BCUT2D eigenvalue weighted by Gasteiger charge is -2.33. The third-order valence-electron chi connectivity index (χ3n) is 3.61. The maximum absolute atomic E-state index is 12.4. The minimum absolute atomic E-state index is 0.100. The number of nitrogens with zero attached hydrogens (tertiary/aromatic N) is 1. The second-order valence-electron chi connectivity index (χ2n) is 5.38. The number of hydrogen-bond acceptors (Lipinski definition) is 4. The van der Waals surface area contributed by atoms with E-state index < -0.39 is 16.1 Å². The molecule has 1 heterocycles. The largest absolute Gasteiger partial charge is 0.341 e. The Kier molecular flexibility index (Phi) is 4.97. The number of carbonyl (C=O) groups is 1. The summed E-state index contributed by atoms with van der Waals surface area (Å²) in [4.78, 5) is 14.1. The zero-order chi connectivity index (χ0) is 15.5. The van der Waals surface area contributed by atoms with Gasteiger partial charge in [-0.15, -0.1) is 0 Å². The third-order valence-corrected chi connectivity index (χ3v) is 4.37. The van der Waals surface area contributed by atoms with Crippen molar-refractivity contribution in [2.75, 3.05) is 19.3 Å². The Balaban J connectivity index is 1.91. The summed E-state index contributed by atoms with van der Waals surface area (Å²) in [5.74, 6) is -0.112. The minimum atomic E-state index is -3.20. The molecular weight excluding hydrogens is 290 g/mol. The molecule has 116 valence electrons. The van der Waals surface area contributed by atoms with Crippen LogP contribution in [0.2, 0.25) is 0 Å². The van der Waals surface area contributed by atoms with Gasteiger partial charge in [0.15, 0.2) is 0 Å². The lowest BCUT2D eigenvalue weighted by Crippen LogP contribution is -2.48. The molecule has 0 aliphatic carbocycles. The van der Waals surface area contributed by atoms with E-state index in [1.165, 1.54) is 0 Å². The Morgan fingerprint density at radius 1 is 1.29 bits per heavy atom. The molecule has 2 rings (SSSR count). The highest BCUT2D eigenvalue weighted by molar-refractivity contribution is 7.88. The molecule has 1 aliphatic rings. The molecule has 1 atom stereocenters. The van der Waals surface area contributed by atoms with Crippen LogP contribution in [-0.4, -0.2) is 44.6 Å². The Morgan fingerprint density at radius 3 is 2.38 bits per heavy atom. The van der Waals surface area contributed by atoms with Crippen molar-refractivity contribution in [2.24, 2.45) is 5.73 Å². The summed E-state index contributed by atoms with van der Waals surface area (Å²) in [5.41, 5.74) is 6.79. The van der Waals surface area contributed by atoms with Gasteiger partial charge < -0.3 is 10.6 Å². The van der Waals surface area contributed by atoms with Gasteiger partial charge in [-0.3, -0.25) is 4.79 Å². The van der Waals surface area contributed by atoms with Gasteiger partial charge in [0.1, 0.15) is 6.04 Å². The highest BCUT2D eigenvalue weighted by Crippen LogP contribution is 2.17. The van der Waals surface area contributed by atoms with E-state index in [0.29, 0.717) is 25.9 Å². The molecule has 3 N–H and O–H groups in total. The first-order valence-corrected chi connectivity index (χ1v) is 8.82. The van der Waals surface area contributed by atoms with Gasteiger partial charge in [-0.1, -0.05) is 30.3 Å². The number of amides is 1. The summed E-state index contributed by atoms with van der Waals surface area (Å²) in [5, 5.41) is 0. The van der Waals surface area contributed by atoms with Gasteiger partial charge in [0.25, 0.3) is 0 Å². The maximum Gasteiger partial charge on any atom is 0.244 e. The summed E-state index contributed by atoms with van der Waals surface area (Å²) in [7, 11) is -3.20. The van der Waals surface area contributed by atoms with Gasteiger partial charge in [-0.05, 0) is 18.4 Å². The smallest absolute Gasteiger partial charge is 0.244 e. The predicted molar refractivity (Wildman–Crippen MR) is 81.0 cm³/mol. The van der Waals surface area contributed by atoms with E-state index >= 15 is 0 Å². The Bertz CT molecular complexity index is 581. The fourth-order valence-electron chi connectivity index (χ4n) is 2.52. The Labute approximate surface area is 125 Å². The summed E-state index contributed by atoms with van der Waals surface area (Å²) in [6.45, 7) is 1.04. The van der Waals surface area contributed by atoms with E-state index in [9.17, 15) is 13.2 Å². The van der Waals surface area contributed by atoms with Gasteiger partial charge in [0.05, 0.1) is 6.26 Å². The van der Waals surface area contributed by atoms with Crippen molar-refractivity contribution in [2.45, 2.75) is 24.9 Å². The molecule has 1 amide bonds. The summed E-state index contributed by atoms with van der Waals surface area (Å²) < 4.78 is 25.0. The van der Waals surface area contributed by atoms with Crippen LogP contribution in [-0.2, 0) is 14.8 Å². The fourth-order valence-corrected chi connectivity index (χ4v) is 3.36. The van der Waals surface area contributed by atoms with Crippen molar-refractivity contribution in [3.05, 3.63) is 35.9 Å². The average molecular weight is 311 g/mol. The molecule has 1 fully saturated rings. The first-order valence-electron chi connectivity index (χ1n) is 6.93. The average Bonchev–Trinajstić information content (AvgIpc) is 2.46. The van der Waals surface area contributed by atoms with Gasteiger partial charge in [-0.25, -0.2) is 13.1 Å². The van der Waals surface area contributed by atoms with E-state index in [1.807, 2.05) is 30.3 Å². The number of benzene rings is 1. The van der Waals surface area contributed by atoms with Crippen LogP contribution >= 0.6 is 0 Å². The number of nitrogens with one attached hydrogen (secondary N) is 1. The number of hydrogen-bond donors (Lipinski definition) is 2. The quantitative estimate of drug-likeness (QED) is 0.832. The molecule has 0 saturated carbocycles. The normalized spacial score (nSPS) is 18.5. The van der Waals surface area contributed by atoms with Gasteiger partial charge in [0, 0.05) is 19.1 Å². The molecule has 0 radical (unpaired) electrons. The van der Waals surface area contributed by atoms with Crippen molar-refractivity contribution < 1.29 is 13.2 Å². The van der Waals surface area contributed by atoms with E-state index in [1.54, 1.807) is 4.90 Å². The van der Waals surface area contributed by atoms with E-state index in [4.69, 9.17) is 5.73 Å². The third kappa shape index (κ3) is 4.52. The zero-order valence-electron chi connectivity index (χ0n) is 12.0. The van der Waals surface area contributed by atoms with E-state index in [0.717, 1.165) is 11.8 Å². The second-order valence-corrected chi connectivity index (χ2v) is 7.16. The van der Waals surface area contributed by atoms with Crippen molar-refractivity contribution in [3.8, 4) is 0 Å². The van der Waals surface area contributed by atoms with Gasteiger partial charge in [-0.2, -0.15) is 0 Å². The second kappa shape index (κ2) is 6.55. The van der Waals surface area contributed by atoms with Crippen LogP contribution in [0.1, 0.15) is 24.4 Å². The summed E-state index contributed by atoms with van der Waals surface area (Å²) in [6.07, 6.45) is 2.37. The molecule has 21 heavy (non-hydrogen) atoms. The number of rotatable bonds is 4. The first-order chi connectivity index (χ1) is 9.87. The number of nitrogens with two attached hydrogens (primary N) is 1. The zero-order valence-corrected chi connectivity index (χ0v) is 12.8. The van der Waals surface area contributed by atoms with Gasteiger partial charge >= 0.3 is 0 Å². The maximum atomic E-state index is 12.4. The van der Waals surface area contributed by atoms with E-state index in [-0.39, 0.29) is 11.9 Å². The topological polar surface area (TPSA) is 92.5 Å². The van der Waals surface area contributed by atoms with Crippen molar-refractivity contribution in [1.29, 1.82) is 0 Å². The fraction of sp³-hybridized carbons (Fsp3) is 0.500. The van der Waals surface area contributed by atoms with Crippen LogP contribution in [0.5, 0.6) is 0 Å². The van der Waals surface area contributed by atoms with Crippen LogP contribution in [0.15, 0.2) is 30.3 Å². The van der Waals surface area contributed by atoms with Crippen molar-refractivity contribution >= 4 is 15.9 Å². The molecule has 7 heteroatoms. The summed E-state index contributed by atoms with van der Waals surface area (Å²) >= 11 is 0. The van der Waals surface area contributed by atoms with Crippen LogP contribution in [0.4, 0.5) is 0 Å². The molecule has 6 nitrogen and oxygen atoms in total. The molecule has 0 unspecified atom stereocenters. The van der Waals surface area contributed by atoms with Crippen LogP contribution < -0.4 is 10.5 Å². The highest BCUT2D eigenvalue weighted by Gasteiger charge is 2.27. The Hall–Kier alpha value is -1.44. The molecular formula is C14H21N3O3S. The molecule has 1 saturated heterocycles. The number of likely N-dealkylation sites (tertiary alicyclic amines) is 1. The van der Waals surface area contributed by atoms with E-state index in [2.05, 4.69) is 4.72 Å². The molecule has 1 aliphatic heterocycles. The number of piperidine rings is 1. The van der Waals surface area contributed by atoms with Gasteiger partial charge in [0.2, 0.25) is 15.9 Å². The highest BCUT2D eigenvalue weighted by atomic mass is 32.2. The number of sulfonamides is 1. The standard InChI is InChI=1S/C14H21N3O3S/c1-21(19,20)16-12-7-9-17(10-8-12)14(18)13(15)11-5-3-2-4-6-11/h2-6,12-13,16H,7-10,15H2,1H3/t13-/m1/s1. The first kappa shape index (κ1) is 15.9. The predicted octanol–water partition coefficient (Wildman–Crippen LogP) is 0.227. The molecule has 1 aromatic carbocycles. The van der Waals surface area contributed by atoms with Crippen molar-refractivity contribution in [3.63, 3.8) is 0 Å². The molecule has 0 aromatic heterocycles. The van der Waals surface area contributed by atoms with Crippen LogP contribution in [0, 0.1) is 0 Å². The SMILES string of the molecule is CS(=O)(=O)NC1CCN(C(=O)[C@H](N)c2ccccc2)CC1. The molecule has 1 aromatic rings. The molecule has 0 spiro atoms. The Morgan fingerprint density at radius 2 is 1.86 bits per heavy atom. The van der Waals surface area contributed by atoms with Crippen LogP contribution in [0.25, 0.3) is 0 Å². The lowest BCUT2D eigenvalue weighted by atomic mass is 10.0. The number of carbonyl (C=O) groups excluding carboxylic acids is 1.